The second kappa shape index (κ2) is 5.42. The summed E-state index contributed by atoms with van der Waals surface area (Å²) in [6.45, 7) is 2.00. The Morgan fingerprint density at radius 3 is 3.00 bits per heavy atom. The first-order valence-electron chi connectivity index (χ1n) is 7.25. The Morgan fingerprint density at radius 2 is 2.25 bits per heavy atom. The number of fused-ring (bicyclic) bond motifs is 1. The zero-order chi connectivity index (χ0) is 14.1. The lowest BCUT2D eigenvalue weighted by molar-refractivity contribution is 0.164. The van der Waals surface area contributed by atoms with Gasteiger partial charge in [-0.3, -0.25) is 0 Å². The summed E-state index contributed by atoms with van der Waals surface area (Å²) < 4.78 is 2.14. The number of likely N-dealkylation sites (tertiary alicyclic amines) is 1. The average Bonchev–Trinajstić information content (AvgIpc) is 2.78. The van der Waals surface area contributed by atoms with Gasteiger partial charge >= 0.3 is 0 Å². The number of nitrogens with two attached hydrogens (primary N) is 1. The average molecular weight is 274 g/mol. The van der Waals surface area contributed by atoms with Crippen LogP contribution in [0.5, 0.6) is 0 Å². The van der Waals surface area contributed by atoms with Crippen LogP contribution in [0, 0.1) is 0 Å². The molecule has 1 atom stereocenters. The smallest absolute Gasteiger partial charge is 0.135 e. The van der Waals surface area contributed by atoms with Crippen molar-refractivity contribution in [2.45, 2.75) is 38.5 Å². The molecule has 1 aromatic heterocycles. The Balaban J connectivity index is 1.96. The van der Waals surface area contributed by atoms with Crippen LogP contribution in [0.1, 0.15) is 25.1 Å². The van der Waals surface area contributed by atoms with Gasteiger partial charge in [-0.05, 0) is 44.6 Å². The SMILES string of the molecule is CN1CCCCC1Cn1c(CO)nc2cc(N)ccc21. The summed E-state index contributed by atoms with van der Waals surface area (Å²) in [7, 11) is 2.18. The minimum absolute atomic E-state index is 0.0367. The van der Waals surface area contributed by atoms with Gasteiger partial charge in [0.2, 0.25) is 0 Å². The fraction of sp³-hybridized carbons (Fsp3) is 0.533. The Bertz CT molecular complexity index is 607. The fourth-order valence-corrected chi connectivity index (χ4v) is 3.11. The number of nitrogens with zero attached hydrogens (tertiary/aromatic N) is 3. The van der Waals surface area contributed by atoms with Crippen molar-refractivity contribution in [2.75, 3.05) is 19.3 Å². The van der Waals surface area contributed by atoms with Crippen molar-refractivity contribution in [3.05, 3.63) is 24.0 Å². The molecule has 0 aliphatic carbocycles. The molecular formula is C15H22N4O. The van der Waals surface area contributed by atoms with Gasteiger partial charge in [0, 0.05) is 18.3 Å². The summed E-state index contributed by atoms with van der Waals surface area (Å²) in [5.41, 5.74) is 8.45. The maximum absolute atomic E-state index is 9.56. The van der Waals surface area contributed by atoms with Crippen molar-refractivity contribution < 1.29 is 5.11 Å². The minimum Gasteiger partial charge on any atom is -0.399 e. The topological polar surface area (TPSA) is 67.3 Å². The monoisotopic (exact) mass is 274 g/mol. The molecule has 0 spiro atoms. The quantitative estimate of drug-likeness (QED) is 0.834. The molecule has 5 heteroatoms. The summed E-state index contributed by atoms with van der Waals surface area (Å²) in [5, 5.41) is 9.56. The van der Waals surface area contributed by atoms with Crippen molar-refractivity contribution >= 4 is 16.7 Å². The maximum Gasteiger partial charge on any atom is 0.135 e. The van der Waals surface area contributed by atoms with Gasteiger partial charge in [0.15, 0.2) is 0 Å². The number of aliphatic hydroxyl groups is 1. The molecule has 3 N–H and O–H groups in total. The van der Waals surface area contributed by atoms with Crippen molar-refractivity contribution in [2.24, 2.45) is 0 Å². The van der Waals surface area contributed by atoms with E-state index in [1.807, 2.05) is 18.2 Å². The molecule has 0 radical (unpaired) electrons. The van der Waals surface area contributed by atoms with Gasteiger partial charge in [-0.15, -0.1) is 0 Å². The lowest BCUT2D eigenvalue weighted by atomic mass is 10.0. The van der Waals surface area contributed by atoms with Gasteiger partial charge in [0.05, 0.1) is 11.0 Å². The summed E-state index contributed by atoms with van der Waals surface area (Å²) in [6.07, 6.45) is 3.76. The predicted octanol–water partition coefficient (Wildman–Crippen LogP) is 1.60. The Kier molecular flexibility index (Phi) is 3.63. The van der Waals surface area contributed by atoms with Crippen LogP contribution in [0.15, 0.2) is 18.2 Å². The molecule has 1 aliphatic heterocycles. The van der Waals surface area contributed by atoms with Crippen LogP contribution in [0.3, 0.4) is 0 Å². The Morgan fingerprint density at radius 1 is 1.40 bits per heavy atom. The molecule has 108 valence electrons. The highest BCUT2D eigenvalue weighted by Crippen LogP contribution is 2.23. The number of aromatic nitrogens is 2. The lowest BCUT2D eigenvalue weighted by Gasteiger charge is -2.33. The van der Waals surface area contributed by atoms with Gasteiger partial charge < -0.3 is 20.3 Å². The van der Waals surface area contributed by atoms with Gasteiger partial charge in [0.1, 0.15) is 12.4 Å². The van der Waals surface area contributed by atoms with Crippen molar-refractivity contribution in [1.29, 1.82) is 0 Å². The third kappa shape index (κ3) is 2.39. The number of benzene rings is 1. The largest absolute Gasteiger partial charge is 0.399 e. The predicted molar refractivity (Wildman–Crippen MR) is 80.3 cm³/mol. The highest BCUT2D eigenvalue weighted by Gasteiger charge is 2.21. The summed E-state index contributed by atoms with van der Waals surface area (Å²) in [4.78, 5) is 6.91. The zero-order valence-corrected chi connectivity index (χ0v) is 11.9. The van der Waals surface area contributed by atoms with Crippen LogP contribution in [0.4, 0.5) is 5.69 Å². The zero-order valence-electron chi connectivity index (χ0n) is 11.9. The third-order valence-electron chi connectivity index (χ3n) is 4.31. The van der Waals surface area contributed by atoms with E-state index in [9.17, 15) is 5.11 Å². The molecule has 1 aromatic carbocycles. The van der Waals surface area contributed by atoms with Crippen LogP contribution in [0.25, 0.3) is 11.0 Å². The van der Waals surface area contributed by atoms with E-state index in [2.05, 4.69) is 21.5 Å². The second-order valence-corrected chi connectivity index (χ2v) is 5.68. The summed E-state index contributed by atoms with van der Waals surface area (Å²) in [5.74, 6) is 0.726. The molecule has 1 saturated heterocycles. The van der Waals surface area contributed by atoms with Gasteiger partial charge in [0.25, 0.3) is 0 Å². The molecular weight excluding hydrogens is 252 g/mol. The van der Waals surface area contributed by atoms with E-state index in [1.54, 1.807) is 0 Å². The standard InChI is InChI=1S/C15H22N4O/c1-18-7-3-2-4-12(18)9-19-14-6-5-11(16)8-13(14)17-15(19)10-20/h5-6,8,12,20H,2-4,7,9-10,16H2,1H3. The molecule has 0 amide bonds. The molecule has 20 heavy (non-hydrogen) atoms. The molecule has 1 aliphatic rings. The first kappa shape index (κ1) is 13.4. The van der Waals surface area contributed by atoms with Crippen molar-refractivity contribution in [1.82, 2.24) is 14.5 Å². The molecule has 0 bridgehead atoms. The van der Waals surface area contributed by atoms with Crippen LogP contribution in [-0.2, 0) is 13.2 Å². The maximum atomic E-state index is 9.56. The van der Waals surface area contributed by atoms with Gasteiger partial charge in [-0.25, -0.2) is 4.98 Å². The van der Waals surface area contributed by atoms with Crippen molar-refractivity contribution in [3.8, 4) is 0 Å². The number of likely N-dealkylation sites (N-methyl/N-ethyl adjacent to an activating group) is 1. The Hall–Kier alpha value is -1.59. The third-order valence-corrected chi connectivity index (χ3v) is 4.31. The number of hydrogen-bond acceptors (Lipinski definition) is 4. The van der Waals surface area contributed by atoms with E-state index in [0.29, 0.717) is 11.7 Å². The molecule has 0 saturated carbocycles. The molecule has 1 fully saturated rings. The number of rotatable bonds is 3. The van der Waals surface area contributed by atoms with E-state index in [0.717, 1.165) is 29.9 Å². The van der Waals surface area contributed by atoms with Crippen molar-refractivity contribution in [3.63, 3.8) is 0 Å². The number of piperidine rings is 1. The summed E-state index contributed by atoms with van der Waals surface area (Å²) >= 11 is 0. The van der Waals surface area contributed by atoms with Gasteiger partial charge in [-0.2, -0.15) is 0 Å². The first-order chi connectivity index (χ1) is 9.69. The number of aliphatic hydroxyl groups excluding tert-OH is 1. The van der Waals surface area contributed by atoms with Crippen LogP contribution in [0.2, 0.25) is 0 Å². The van der Waals surface area contributed by atoms with E-state index in [1.165, 1.54) is 19.3 Å². The molecule has 2 heterocycles. The van der Waals surface area contributed by atoms with Crippen LogP contribution < -0.4 is 5.73 Å². The van der Waals surface area contributed by atoms with E-state index in [4.69, 9.17) is 5.73 Å². The minimum atomic E-state index is -0.0367. The molecule has 5 nitrogen and oxygen atoms in total. The fourth-order valence-electron chi connectivity index (χ4n) is 3.11. The highest BCUT2D eigenvalue weighted by molar-refractivity contribution is 5.79. The highest BCUT2D eigenvalue weighted by atomic mass is 16.3. The lowest BCUT2D eigenvalue weighted by Crippen LogP contribution is -2.39. The summed E-state index contributed by atoms with van der Waals surface area (Å²) in [6, 6.07) is 6.28. The second-order valence-electron chi connectivity index (χ2n) is 5.68. The number of anilines is 1. The number of hydrogen-bond donors (Lipinski definition) is 2. The molecule has 3 rings (SSSR count). The van der Waals surface area contributed by atoms with E-state index < -0.39 is 0 Å². The van der Waals surface area contributed by atoms with Crippen LogP contribution >= 0.6 is 0 Å². The number of nitrogen functional groups attached to an aromatic ring is 1. The van der Waals surface area contributed by atoms with Crippen LogP contribution in [-0.4, -0.2) is 39.2 Å². The Labute approximate surface area is 119 Å². The van der Waals surface area contributed by atoms with E-state index in [-0.39, 0.29) is 6.61 Å². The van der Waals surface area contributed by atoms with E-state index >= 15 is 0 Å². The molecule has 2 aromatic rings. The van der Waals surface area contributed by atoms with Gasteiger partial charge in [-0.1, -0.05) is 6.42 Å². The molecule has 1 unspecified atom stereocenters. The normalized spacial score (nSPS) is 20.6. The first-order valence-corrected chi connectivity index (χ1v) is 7.25. The number of imidazole rings is 1.